The van der Waals surface area contributed by atoms with Crippen LogP contribution >= 0.6 is 0 Å². The van der Waals surface area contributed by atoms with E-state index in [1.165, 1.54) is 0 Å². The maximum absolute atomic E-state index is 6.37. The molecule has 1 heterocycles. The first-order valence-corrected chi connectivity index (χ1v) is 8.30. The van der Waals surface area contributed by atoms with Gasteiger partial charge in [0.1, 0.15) is 11.6 Å². The van der Waals surface area contributed by atoms with Crippen molar-refractivity contribution in [3.8, 4) is 28.6 Å². The third-order valence-electron chi connectivity index (χ3n) is 3.99. The highest BCUT2D eigenvalue weighted by atomic mass is 16.5. The van der Waals surface area contributed by atoms with Crippen molar-refractivity contribution in [3.63, 3.8) is 0 Å². The molecule has 7 nitrogen and oxygen atoms in total. The average molecular weight is 354 g/mol. The Kier molecular flexibility index (Phi) is 5.38. The molecule has 0 amide bonds. The van der Waals surface area contributed by atoms with Gasteiger partial charge in [-0.1, -0.05) is 18.2 Å². The number of rotatable bonds is 7. The van der Waals surface area contributed by atoms with Gasteiger partial charge in [-0.2, -0.15) is 5.10 Å². The highest BCUT2D eigenvalue weighted by molar-refractivity contribution is 5.63. The number of hydrogen-bond donors (Lipinski definition) is 2. The van der Waals surface area contributed by atoms with Crippen LogP contribution in [0.25, 0.3) is 11.4 Å². The van der Waals surface area contributed by atoms with Crippen LogP contribution in [0.4, 0.5) is 0 Å². The van der Waals surface area contributed by atoms with Gasteiger partial charge in [-0.3, -0.25) is 5.10 Å². The van der Waals surface area contributed by atoms with Crippen molar-refractivity contribution in [2.45, 2.75) is 13.0 Å². The standard InChI is InChI=1S/C19H22N4O3/c1-4-26-16-11-12(9-10-15(16)25-3)17(20)19-21-18(22-23-19)13-7-5-6-8-14(13)24-2/h5-11,17H,4,20H2,1-3H3,(H,21,22,23). The number of H-pyrrole nitrogens is 1. The van der Waals surface area contributed by atoms with Crippen molar-refractivity contribution in [2.24, 2.45) is 5.73 Å². The molecule has 0 aliphatic heterocycles. The van der Waals surface area contributed by atoms with Gasteiger partial charge in [0.25, 0.3) is 0 Å². The highest BCUT2D eigenvalue weighted by Crippen LogP contribution is 2.32. The average Bonchev–Trinajstić information content (AvgIpc) is 3.17. The van der Waals surface area contributed by atoms with E-state index in [-0.39, 0.29) is 0 Å². The molecule has 0 bridgehead atoms. The van der Waals surface area contributed by atoms with Gasteiger partial charge >= 0.3 is 0 Å². The third kappa shape index (κ3) is 3.48. The first-order valence-electron chi connectivity index (χ1n) is 8.30. The number of nitrogens with zero attached hydrogens (tertiary/aromatic N) is 2. The van der Waals surface area contributed by atoms with Crippen LogP contribution in [0.1, 0.15) is 24.4 Å². The van der Waals surface area contributed by atoms with E-state index in [4.69, 9.17) is 19.9 Å². The molecule has 1 aromatic heterocycles. The molecule has 0 saturated heterocycles. The lowest BCUT2D eigenvalue weighted by Crippen LogP contribution is -2.14. The van der Waals surface area contributed by atoms with Gasteiger partial charge < -0.3 is 19.9 Å². The van der Waals surface area contributed by atoms with Gasteiger partial charge in [0.2, 0.25) is 0 Å². The summed E-state index contributed by atoms with van der Waals surface area (Å²) in [5, 5.41) is 7.20. The fourth-order valence-corrected chi connectivity index (χ4v) is 2.68. The highest BCUT2D eigenvalue weighted by Gasteiger charge is 2.18. The molecular formula is C19H22N4O3. The second kappa shape index (κ2) is 7.88. The minimum absolute atomic E-state index is 0.476. The van der Waals surface area contributed by atoms with Crippen LogP contribution in [0.15, 0.2) is 42.5 Å². The van der Waals surface area contributed by atoms with E-state index >= 15 is 0 Å². The minimum atomic E-state index is -0.476. The molecule has 3 rings (SSSR count). The second-order valence-corrected chi connectivity index (χ2v) is 5.57. The predicted octanol–water partition coefficient (Wildman–Crippen LogP) is 2.94. The van der Waals surface area contributed by atoms with E-state index < -0.39 is 6.04 Å². The van der Waals surface area contributed by atoms with E-state index in [1.54, 1.807) is 14.2 Å². The molecule has 0 saturated carbocycles. The van der Waals surface area contributed by atoms with Gasteiger partial charge in [-0.05, 0) is 36.8 Å². The summed E-state index contributed by atoms with van der Waals surface area (Å²) in [5.74, 6) is 3.10. The molecule has 0 aliphatic carbocycles. The summed E-state index contributed by atoms with van der Waals surface area (Å²) in [6, 6.07) is 12.7. The maximum Gasteiger partial charge on any atom is 0.184 e. The normalized spacial score (nSPS) is 11.8. The van der Waals surface area contributed by atoms with Gasteiger partial charge in [-0.15, -0.1) is 0 Å². The van der Waals surface area contributed by atoms with Crippen LogP contribution in [-0.4, -0.2) is 36.0 Å². The molecular weight excluding hydrogens is 332 g/mol. The van der Waals surface area contributed by atoms with Gasteiger partial charge in [0.15, 0.2) is 17.3 Å². The molecule has 7 heteroatoms. The number of aromatic nitrogens is 3. The van der Waals surface area contributed by atoms with Crippen molar-refractivity contribution >= 4 is 0 Å². The molecule has 0 radical (unpaired) electrons. The Morgan fingerprint density at radius 1 is 1.04 bits per heavy atom. The summed E-state index contributed by atoms with van der Waals surface area (Å²) in [7, 11) is 3.22. The van der Waals surface area contributed by atoms with Gasteiger partial charge in [0, 0.05) is 0 Å². The van der Waals surface area contributed by atoms with Crippen LogP contribution in [0.2, 0.25) is 0 Å². The Morgan fingerprint density at radius 3 is 2.54 bits per heavy atom. The van der Waals surface area contributed by atoms with E-state index in [0.717, 1.165) is 11.1 Å². The Bertz CT molecular complexity index is 879. The molecule has 1 atom stereocenters. The molecule has 26 heavy (non-hydrogen) atoms. The zero-order valence-electron chi connectivity index (χ0n) is 15.0. The summed E-state index contributed by atoms with van der Waals surface area (Å²) in [6.45, 7) is 2.46. The van der Waals surface area contributed by atoms with Crippen molar-refractivity contribution in [1.29, 1.82) is 0 Å². The van der Waals surface area contributed by atoms with E-state index in [9.17, 15) is 0 Å². The minimum Gasteiger partial charge on any atom is -0.496 e. The Balaban J connectivity index is 1.91. The summed E-state index contributed by atoms with van der Waals surface area (Å²) in [5.41, 5.74) is 8.02. The maximum atomic E-state index is 6.37. The number of methoxy groups -OCH3 is 2. The predicted molar refractivity (Wildman–Crippen MR) is 98.6 cm³/mol. The number of hydrogen-bond acceptors (Lipinski definition) is 6. The molecule has 0 spiro atoms. The molecule has 0 aliphatic rings. The number of para-hydroxylation sites is 1. The largest absolute Gasteiger partial charge is 0.496 e. The first kappa shape index (κ1) is 17.8. The summed E-state index contributed by atoms with van der Waals surface area (Å²) >= 11 is 0. The lowest BCUT2D eigenvalue weighted by atomic mass is 10.1. The summed E-state index contributed by atoms with van der Waals surface area (Å²) in [4.78, 5) is 4.54. The Morgan fingerprint density at radius 2 is 1.81 bits per heavy atom. The topological polar surface area (TPSA) is 95.3 Å². The number of ether oxygens (including phenoxy) is 3. The lowest BCUT2D eigenvalue weighted by Gasteiger charge is -2.14. The fraction of sp³-hybridized carbons (Fsp3) is 0.263. The van der Waals surface area contributed by atoms with Crippen LogP contribution < -0.4 is 19.9 Å². The number of benzene rings is 2. The molecule has 2 aromatic carbocycles. The molecule has 3 N–H and O–H groups in total. The number of nitrogens with one attached hydrogen (secondary N) is 1. The van der Waals surface area contributed by atoms with Crippen LogP contribution in [0.5, 0.6) is 17.2 Å². The second-order valence-electron chi connectivity index (χ2n) is 5.57. The molecule has 1 unspecified atom stereocenters. The van der Waals surface area contributed by atoms with Crippen LogP contribution in [0.3, 0.4) is 0 Å². The van der Waals surface area contributed by atoms with Gasteiger partial charge in [0.05, 0.1) is 32.4 Å². The number of nitrogens with two attached hydrogens (primary N) is 1. The summed E-state index contributed by atoms with van der Waals surface area (Å²) < 4.78 is 16.3. The van der Waals surface area contributed by atoms with Crippen molar-refractivity contribution in [1.82, 2.24) is 15.2 Å². The number of aromatic amines is 1. The SMILES string of the molecule is CCOc1cc(C(N)c2nc(-c3ccccc3OC)n[nH]2)ccc1OC. The van der Waals surface area contributed by atoms with E-state index in [0.29, 0.717) is 35.5 Å². The molecule has 3 aromatic rings. The zero-order chi connectivity index (χ0) is 18.5. The Hall–Kier alpha value is -3.06. The quantitative estimate of drug-likeness (QED) is 0.677. The smallest absolute Gasteiger partial charge is 0.184 e. The van der Waals surface area contributed by atoms with E-state index in [1.807, 2.05) is 49.4 Å². The van der Waals surface area contributed by atoms with Crippen LogP contribution in [-0.2, 0) is 0 Å². The molecule has 136 valence electrons. The fourth-order valence-electron chi connectivity index (χ4n) is 2.68. The van der Waals surface area contributed by atoms with Crippen LogP contribution in [0, 0.1) is 0 Å². The lowest BCUT2D eigenvalue weighted by molar-refractivity contribution is 0.310. The molecule has 0 fully saturated rings. The van der Waals surface area contributed by atoms with Crippen molar-refractivity contribution in [3.05, 3.63) is 53.9 Å². The first-order chi connectivity index (χ1) is 12.7. The zero-order valence-corrected chi connectivity index (χ0v) is 15.0. The summed E-state index contributed by atoms with van der Waals surface area (Å²) in [6.07, 6.45) is 0. The van der Waals surface area contributed by atoms with Crippen molar-refractivity contribution in [2.75, 3.05) is 20.8 Å². The Labute approximate surface area is 152 Å². The monoisotopic (exact) mass is 354 g/mol. The van der Waals surface area contributed by atoms with Crippen molar-refractivity contribution < 1.29 is 14.2 Å². The third-order valence-corrected chi connectivity index (χ3v) is 3.99. The van der Waals surface area contributed by atoms with E-state index in [2.05, 4.69) is 15.2 Å². The van der Waals surface area contributed by atoms with Gasteiger partial charge in [-0.25, -0.2) is 4.98 Å².